The normalized spacial score (nSPS) is 14.0. The maximum absolute atomic E-state index is 10.8. The Labute approximate surface area is 110 Å². The minimum absolute atomic E-state index is 0.0869. The van der Waals surface area contributed by atoms with Crippen molar-refractivity contribution in [3.05, 3.63) is 63.8 Å². The summed E-state index contributed by atoms with van der Waals surface area (Å²) in [4.78, 5) is 16.7. The van der Waals surface area contributed by atoms with Gasteiger partial charge < -0.3 is 4.90 Å². The van der Waals surface area contributed by atoms with Crippen LogP contribution in [0.5, 0.6) is 0 Å². The van der Waals surface area contributed by atoms with Crippen LogP contribution < -0.4 is 4.90 Å². The topological polar surface area (TPSA) is 59.3 Å². The van der Waals surface area contributed by atoms with E-state index in [0.717, 1.165) is 19.5 Å². The molecular weight excluding hydrogens is 242 g/mol. The van der Waals surface area contributed by atoms with Crippen LogP contribution in [0.4, 0.5) is 11.5 Å². The van der Waals surface area contributed by atoms with Crippen LogP contribution in [0.25, 0.3) is 0 Å². The molecule has 0 bridgehead atoms. The van der Waals surface area contributed by atoms with Gasteiger partial charge in [-0.25, -0.2) is 4.98 Å². The summed E-state index contributed by atoms with van der Waals surface area (Å²) in [5.41, 5.74) is 2.70. The Morgan fingerprint density at radius 3 is 2.79 bits per heavy atom. The van der Waals surface area contributed by atoms with Crippen molar-refractivity contribution in [3.8, 4) is 0 Å². The fraction of sp³-hybridized carbons (Fsp3) is 0.214. The van der Waals surface area contributed by atoms with Crippen LogP contribution in [0, 0.1) is 10.1 Å². The van der Waals surface area contributed by atoms with E-state index in [2.05, 4.69) is 22.0 Å². The molecule has 0 unspecified atom stereocenters. The van der Waals surface area contributed by atoms with Gasteiger partial charge in [0.15, 0.2) is 0 Å². The predicted octanol–water partition coefficient (Wildman–Crippen LogP) is 2.55. The van der Waals surface area contributed by atoms with Crippen LogP contribution in [0.15, 0.2) is 42.6 Å². The third-order valence-electron chi connectivity index (χ3n) is 3.39. The van der Waals surface area contributed by atoms with Gasteiger partial charge in [0.1, 0.15) is 5.82 Å². The molecule has 0 saturated carbocycles. The molecule has 5 heteroatoms. The fourth-order valence-corrected chi connectivity index (χ4v) is 2.39. The first-order valence-corrected chi connectivity index (χ1v) is 6.16. The molecule has 96 valence electrons. The number of nitro groups is 1. The Kier molecular flexibility index (Phi) is 2.87. The standard InChI is InChI=1S/C14H13N3O2/c18-17(19)13-5-7-15-14(9-13)16-8-6-11-3-1-2-4-12(11)10-16/h1-5,7,9H,6,8,10H2. The molecule has 0 spiro atoms. The maximum Gasteiger partial charge on any atom is 0.274 e. The third kappa shape index (κ3) is 2.27. The predicted molar refractivity (Wildman–Crippen MR) is 72.1 cm³/mol. The first-order valence-electron chi connectivity index (χ1n) is 6.16. The molecule has 0 saturated heterocycles. The van der Waals surface area contributed by atoms with Crippen molar-refractivity contribution in [2.45, 2.75) is 13.0 Å². The van der Waals surface area contributed by atoms with Crippen molar-refractivity contribution in [1.82, 2.24) is 4.98 Å². The SMILES string of the molecule is O=[N+]([O-])c1ccnc(N2CCc3ccccc3C2)c1. The first-order chi connectivity index (χ1) is 9.24. The summed E-state index contributed by atoms with van der Waals surface area (Å²) in [5, 5.41) is 10.8. The molecular formula is C14H13N3O2. The molecule has 2 heterocycles. The molecule has 1 aromatic carbocycles. The largest absolute Gasteiger partial charge is 0.352 e. The highest BCUT2D eigenvalue weighted by molar-refractivity contribution is 5.49. The zero-order valence-electron chi connectivity index (χ0n) is 10.3. The fourth-order valence-electron chi connectivity index (χ4n) is 2.39. The van der Waals surface area contributed by atoms with E-state index < -0.39 is 0 Å². The number of pyridine rings is 1. The molecule has 1 aromatic heterocycles. The van der Waals surface area contributed by atoms with Crippen LogP contribution >= 0.6 is 0 Å². The number of aromatic nitrogens is 1. The summed E-state index contributed by atoms with van der Waals surface area (Å²) < 4.78 is 0. The van der Waals surface area contributed by atoms with Crippen molar-refractivity contribution >= 4 is 11.5 Å². The summed E-state index contributed by atoms with van der Waals surface area (Å²) in [5.74, 6) is 0.670. The van der Waals surface area contributed by atoms with E-state index in [1.807, 2.05) is 12.1 Å². The highest BCUT2D eigenvalue weighted by Gasteiger charge is 2.18. The van der Waals surface area contributed by atoms with Gasteiger partial charge in [0.05, 0.1) is 11.0 Å². The van der Waals surface area contributed by atoms with Crippen molar-refractivity contribution in [2.75, 3.05) is 11.4 Å². The van der Waals surface area contributed by atoms with Crippen molar-refractivity contribution in [3.63, 3.8) is 0 Å². The van der Waals surface area contributed by atoms with Gasteiger partial charge in [0.2, 0.25) is 0 Å². The molecule has 1 aliphatic rings. The summed E-state index contributed by atoms with van der Waals surface area (Å²) >= 11 is 0. The van der Waals surface area contributed by atoms with Gasteiger partial charge >= 0.3 is 0 Å². The van der Waals surface area contributed by atoms with Crippen LogP contribution in [0.1, 0.15) is 11.1 Å². The summed E-state index contributed by atoms with van der Waals surface area (Å²) in [7, 11) is 0. The molecule has 0 N–H and O–H groups in total. The number of hydrogen-bond acceptors (Lipinski definition) is 4. The molecule has 19 heavy (non-hydrogen) atoms. The first kappa shape index (κ1) is 11.6. The second-order valence-electron chi connectivity index (χ2n) is 4.57. The van der Waals surface area contributed by atoms with Gasteiger partial charge in [-0.3, -0.25) is 10.1 Å². The van der Waals surface area contributed by atoms with E-state index in [1.165, 1.54) is 29.5 Å². The molecule has 0 atom stereocenters. The van der Waals surface area contributed by atoms with Gasteiger partial charge in [-0.15, -0.1) is 0 Å². The number of nitrogens with zero attached hydrogens (tertiary/aromatic N) is 3. The summed E-state index contributed by atoms with van der Waals surface area (Å²) in [6.07, 6.45) is 2.44. The second kappa shape index (κ2) is 4.68. The van der Waals surface area contributed by atoms with Crippen LogP contribution in [-0.2, 0) is 13.0 Å². The number of benzene rings is 1. The average Bonchev–Trinajstić information content (AvgIpc) is 2.47. The lowest BCUT2D eigenvalue weighted by Gasteiger charge is -2.29. The zero-order valence-corrected chi connectivity index (χ0v) is 10.3. The Balaban J connectivity index is 1.89. The van der Waals surface area contributed by atoms with Gasteiger partial charge in [0, 0.05) is 25.4 Å². The number of rotatable bonds is 2. The lowest BCUT2D eigenvalue weighted by atomic mass is 10.00. The Hall–Kier alpha value is -2.43. The van der Waals surface area contributed by atoms with E-state index >= 15 is 0 Å². The number of anilines is 1. The third-order valence-corrected chi connectivity index (χ3v) is 3.39. The Morgan fingerprint density at radius 1 is 1.21 bits per heavy atom. The van der Waals surface area contributed by atoms with Gasteiger partial charge in [-0.1, -0.05) is 24.3 Å². The lowest BCUT2D eigenvalue weighted by molar-refractivity contribution is -0.384. The van der Waals surface area contributed by atoms with E-state index in [9.17, 15) is 10.1 Å². The van der Waals surface area contributed by atoms with Crippen LogP contribution in [0.2, 0.25) is 0 Å². The maximum atomic E-state index is 10.8. The van der Waals surface area contributed by atoms with Crippen LogP contribution in [0.3, 0.4) is 0 Å². The van der Waals surface area contributed by atoms with E-state index in [1.54, 1.807) is 0 Å². The number of hydrogen-bond donors (Lipinski definition) is 0. The lowest BCUT2D eigenvalue weighted by Crippen LogP contribution is -2.30. The van der Waals surface area contributed by atoms with Gasteiger partial charge in [-0.05, 0) is 17.5 Å². The average molecular weight is 255 g/mol. The molecule has 3 rings (SSSR count). The van der Waals surface area contributed by atoms with Crippen LogP contribution in [-0.4, -0.2) is 16.5 Å². The molecule has 1 aliphatic heterocycles. The van der Waals surface area contributed by atoms with E-state index in [4.69, 9.17) is 0 Å². The zero-order chi connectivity index (χ0) is 13.2. The second-order valence-corrected chi connectivity index (χ2v) is 4.57. The molecule has 0 radical (unpaired) electrons. The van der Waals surface area contributed by atoms with Gasteiger partial charge in [0.25, 0.3) is 5.69 Å². The van der Waals surface area contributed by atoms with E-state index in [0.29, 0.717) is 5.82 Å². The number of fused-ring (bicyclic) bond motifs is 1. The van der Waals surface area contributed by atoms with Crippen molar-refractivity contribution in [2.24, 2.45) is 0 Å². The smallest absolute Gasteiger partial charge is 0.274 e. The molecule has 5 nitrogen and oxygen atoms in total. The quantitative estimate of drug-likeness (QED) is 0.611. The molecule has 2 aromatic rings. The Bertz CT molecular complexity index is 628. The molecule has 0 fully saturated rings. The van der Waals surface area contributed by atoms with Crippen molar-refractivity contribution < 1.29 is 4.92 Å². The Morgan fingerprint density at radius 2 is 2.00 bits per heavy atom. The monoisotopic (exact) mass is 255 g/mol. The van der Waals surface area contributed by atoms with Gasteiger partial charge in [-0.2, -0.15) is 0 Å². The highest BCUT2D eigenvalue weighted by atomic mass is 16.6. The van der Waals surface area contributed by atoms with E-state index in [-0.39, 0.29) is 10.6 Å². The molecule has 0 amide bonds. The summed E-state index contributed by atoms with van der Waals surface area (Å²) in [6, 6.07) is 11.2. The van der Waals surface area contributed by atoms with Crippen molar-refractivity contribution in [1.29, 1.82) is 0 Å². The summed E-state index contributed by atoms with van der Waals surface area (Å²) in [6.45, 7) is 1.59. The highest BCUT2D eigenvalue weighted by Crippen LogP contribution is 2.25. The molecule has 0 aliphatic carbocycles. The minimum Gasteiger partial charge on any atom is -0.352 e. The minimum atomic E-state index is -0.386.